The molecule has 1 heterocycles. The van der Waals surface area contributed by atoms with Gasteiger partial charge in [-0.25, -0.2) is 0 Å². The van der Waals surface area contributed by atoms with E-state index in [0.29, 0.717) is 12.0 Å². The molecule has 3 rings (SSSR count). The van der Waals surface area contributed by atoms with Crippen molar-refractivity contribution in [2.45, 2.75) is 44.2 Å². The molecule has 3 nitrogen and oxygen atoms in total. The van der Waals surface area contributed by atoms with Crippen LogP contribution in [0, 0.1) is 5.92 Å². The van der Waals surface area contributed by atoms with Crippen LogP contribution < -0.4 is 15.8 Å². The second kappa shape index (κ2) is 5.93. The first kappa shape index (κ1) is 12.9. The number of hydrogen-bond donors (Lipinski definition) is 2. The number of para-hydroxylation sites is 1. The van der Waals surface area contributed by atoms with Gasteiger partial charge >= 0.3 is 0 Å². The Hall–Kier alpha value is -1.06. The molecule has 0 bridgehead atoms. The predicted molar refractivity (Wildman–Crippen MR) is 77.4 cm³/mol. The summed E-state index contributed by atoms with van der Waals surface area (Å²) in [6, 6.07) is 8.95. The second-order valence-electron chi connectivity index (χ2n) is 5.85. The van der Waals surface area contributed by atoms with Gasteiger partial charge in [0.25, 0.3) is 0 Å². The van der Waals surface area contributed by atoms with Gasteiger partial charge in [-0.3, -0.25) is 0 Å². The minimum atomic E-state index is 0.290. The van der Waals surface area contributed by atoms with Gasteiger partial charge in [0.05, 0.1) is 0 Å². The van der Waals surface area contributed by atoms with Crippen LogP contribution in [0.15, 0.2) is 24.3 Å². The van der Waals surface area contributed by atoms with Crippen LogP contribution in [0.5, 0.6) is 5.75 Å². The normalized spacial score (nSPS) is 29.8. The zero-order chi connectivity index (χ0) is 13.1. The molecule has 1 aliphatic carbocycles. The lowest BCUT2D eigenvalue weighted by molar-refractivity contribution is 0.196. The zero-order valence-corrected chi connectivity index (χ0v) is 11.5. The highest BCUT2D eigenvalue weighted by molar-refractivity contribution is 5.37. The molecule has 1 aliphatic heterocycles. The molecule has 1 fully saturated rings. The smallest absolute Gasteiger partial charge is 0.123 e. The predicted octanol–water partition coefficient (Wildman–Crippen LogP) is 2.10. The van der Waals surface area contributed by atoms with Gasteiger partial charge in [-0.05, 0) is 36.9 Å². The van der Waals surface area contributed by atoms with E-state index in [-0.39, 0.29) is 6.10 Å². The van der Waals surface area contributed by atoms with E-state index in [4.69, 9.17) is 10.5 Å². The Bertz CT molecular complexity index is 396. The third kappa shape index (κ3) is 2.93. The van der Waals surface area contributed by atoms with Gasteiger partial charge in [-0.1, -0.05) is 31.0 Å². The molecule has 3 unspecified atom stereocenters. The molecule has 2 aliphatic rings. The van der Waals surface area contributed by atoms with Crippen molar-refractivity contribution in [2.24, 2.45) is 11.7 Å². The third-order valence-electron chi connectivity index (χ3n) is 4.53. The quantitative estimate of drug-likeness (QED) is 0.871. The summed E-state index contributed by atoms with van der Waals surface area (Å²) < 4.78 is 5.97. The molecule has 1 aromatic carbocycles. The Kier molecular flexibility index (Phi) is 4.04. The SMILES string of the molecule is NCC1CCCCC1NCC1Cc2ccccc2O1. The molecule has 1 aromatic rings. The van der Waals surface area contributed by atoms with Crippen LogP contribution in [0.1, 0.15) is 31.2 Å². The molecule has 0 amide bonds. The van der Waals surface area contributed by atoms with Gasteiger partial charge in [0.2, 0.25) is 0 Å². The van der Waals surface area contributed by atoms with E-state index in [9.17, 15) is 0 Å². The molecule has 0 spiro atoms. The molecule has 1 saturated carbocycles. The van der Waals surface area contributed by atoms with Crippen molar-refractivity contribution in [3.8, 4) is 5.75 Å². The van der Waals surface area contributed by atoms with E-state index in [1.807, 2.05) is 6.07 Å². The maximum Gasteiger partial charge on any atom is 0.123 e. The van der Waals surface area contributed by atoms with Crippen LogP contribution in [0.2, 0.25) is 0 Å². The summed E-state index contributed by atoms with van der Waals surface area (Å²) in [7, 11) is 0. The lowest BCUT2D eigenvalue weighted by Gasteiger charge is -2.32. The summed E-state index contributed by atoms with van der Waals surface area (Å²) in [6.07, 6.45) is 6.54. The first-order chi connectivity index (χ1) is 9.36. The molecule has 0 radical (unpaired) electrons. The highest BCUT2D eigenvalue weighted by Gasteiger charge is 2.27. The van der Waals surface area contributed by atoms with Gasteiger partial charge in [0, 0.05) is 19.0 Å². The summed E-state index contributed by atoms with van der Waals surface area (Å²) in [4.78, 5) is 0. The van der Waals surface area contributed by atoms with E-state index in [2.05, 4.69) is 23.5 Å². The summed E-state index contributed by atoms with van der Waals surface area (Å²) >= 11 is 0. The Morgan fingerprint density at radius 2 is 2.05 bits per heavy atom. The van der Waals surface area contributed by atoms with Crippen molar-refractivity contribution in [3.63, 3.8) is 0 Å². The number of hydrogen-bond acceptors (Lipinski definition) is 3. The number of rotatable bonds is 4. The highest BCUT2D eigenvalue weighted by atomic mass is 16.5. The van der Waals surface area contributed by atoms with Crippen molar-refractivity contribution in [1.29, 1.82) is 0 Å². The van der Waals surface area contributed by atoms with Gasteiger partial charge < -0.3 is 15.8 Å². The standard InChI is InChI=1S/C16H24N2O/c17-10-13-6-1-3-7-15(13)18-11-14-9-12-5-2-4-8-16(12)19-14/h2,4-5,8,13-15,18H,1,3,6-7,9-11,17H2. The zero-order valence-electron chi connectivity index (χ0n) is 11.5. The van der Waals surface area contributed by atoms with Crippen molar-refractivity contribution < 1.29 is 4.74 Å². The Morgan fingerprint density at radius 1 is 1.21 bits per heavy atom. The average Bonchev–Trinajstić information content (AvgIpc) is 2.88. The van der Waals surface area contributed by atoms with Gasteiger partial charge in [0.1, 0.15) is 11.9 Å². The summed E-state index contributed by atoms with van der Waals surface area (Å²) in [5.74, 6) is 1.71. The van der Waals surface area contributed by atoms with Crippen LogP contribution in [0.3, 0.4) is 0 Å². The lowest BCUT2D eigenvalue weighted by Crippen LogP contribution is -2.45. The van der Waals surface area contributed by atoms with Gasteiger partial charge in [-0.15, -0.1) is 0 Å². The Labute approximate surface area is 115 Å². The van der Waals surface area contributed by atoms with Gasteiger partial charge in [-0.2, -0.15) is 0 Å². The second-order valence-corrected chi connectivity index (χ2v) is 5.85. The van der Waals surface area contributed by atoms with Crippen LogP contribution in [0.4, 0.5) is 0 Å². The molecule has 3 atom stereocenters. The Balaban J connectivity index is 1.51. The van der Waals surface area contributed by atoms with Gasteiger partial charge in [0.15, 0.2) is 0 Å². The molecule has 0 saturated heterocycles. The molecule has 19 heavy (non-hydrogen) atoms. The summed E-state index contributed by atoms with van der Waals surface area (Å²) in [5.41, 5.74) is 7.22. The maximum absolute atomic E-state index is 5.97. The van der Waals surface area contributed by atoms with E-state index in [1.165, 1.54) is 31.2 Å². The number of fused-ring (bicyclic) bond motifs is 1. The fraction of sp³-hybridized carbons (Fsp3) is 0.625. The fourth-order valence-electron chi connectivity index (χ4n) is 3.41. The molecular weight excluding hydrogens is 236 g/mol. The average molecular weight is 260 g/mol. The van der Waals surface area contributed by atoms with Crippen molar-refractivity contribution in [1.82, 2.24) is 5.32 Å². The molecule has 3 N–H and O–H groups in total. The lowest BCUT2D eigenvalue weighted by atomic mass is 9.84. The monoisotopic (exact) mass is 260 g/mol. The van der Waals surface area contributed by atoms with E-state index < -0.39 is 0 Å². The maximum atomic E-state index is 5.97. The largest absolute Gasteiger partial charge is 0.488 e. The first-order valence-corrected chi connectivity index (χ1v) is 7.55. The number of nitrogens with two attached hydrogens (primary N) is 1. The highest BCUT2D eigenvalue weighted by Crippen LogP contribution is 2.28. The van der Waals surface area contributed by atoms with E-state index >= 15 is 0 Å². The van der Waals surface area contributed by atoms with Crippen molar-refractivity contribution in [3.05, 3.63) is 29.8 Å². The van der Waals surface area contributed by atoms with Crippen LogP contribution in [0.25, 0.3) is 0 Å². The van der Waals surface area contributed by atoms with Crippen molar-refractivity contribution >= 4 is 0 Å². The van der Waals surface area contributed by atoms with E-state index in [0.717, 1.165) is 25.3 Å². The first-order valence-electron chi connectivity index (χ1n) is 7.55. The van der Waals surface area contributed by atoms with E-state index in [1.54, 1.807) is 0 Å². The van der Waals surface area contributed by atoms with Crippen molar-refractivity contribution in [2.75, 3.05) is 13.1 Å². The van der Waals surface area contributed by atoms with Crippen LogP contribution >= 0.6 is 0 Å². The molecule has 3 heteroatoms. The summed E-state index contributed by atoms with van der Waals surface area (Å²) in [5, 5.41) is 3.69. The molecular formula is C16H24N2O. The topological polar surface area (TPSA) is 47.3 Å². The fourth-order valence-corrected chi connectivity index (χ4v) is 3.41. The minimum absolute atomic E-state index is 0.290. The Morgan fingerprint density at radius 3 is 2.89 bits per heavy atom. The third-order valence-corrected chi connectivity index (χ3v) is 4.53. The number of nitrogens with one attached hydrogen (secondary N) is 1. The summed E-state index contributed by atoms with van der Waals surface area (Å²) in [6.45, 7) is 1.75. The van der Waals surface area contributed by atoms with Crippen LogP contribution in [-0.2, 0) is 6.42 Å². The number of ether oxygens (including phenoxy) is 1. The molecule has 0 aromatic heterocycles. The minimum Gasteiger partial charge on any atom is -0.488 e. The molecule has 104 valence electrons. The number of benzene rings is 1. The van der Waals surface area contributed by atoms with Crippen LogP contribution in [-0.4, -0.2) is 25.2 Å².